The van der Waals surface area contributed by atoms with E-state index in [9.17, 15) is 26.3 Å². The third-order valence-electron chi connectivity index (χ3n) is 1.82. The lowest BCUT2D eigenvalue weighted by Gasteiger charge is -2.09. The number of aromatic nitrogens is 2. The van der Waals surface area contributed by atoms with E-state index in [2.05, 4.69) is 11.7 Å². The van der Waals surface area contributed by atoms with E-state index < -0.39 is 29.3 Å². The van der Waals surface area contributed by atoms with Crippen LogP contribution in [0.5, 0.6) is 0 Å². The molecule has 0 aliphatic heterocycles. The van der Waals surface area contributed by atoms with Gasteiger partial charge < -0.3 is 0 Å². The summed E-state index contributed by atoms with van der Waals surface area (Å²) in [6.07, 6.45) is -9.56. The topological polar surface area (TPSA) is 17.8 Å². The van der Waals surface area contributed by atoms with Crippen LogP contribution in [0.3, 0.4) is 0 Å². The van der Waals surface area contributed by atoms with E-state index in [4.69, 9.17) is 0 Å². The molecule has 0 unspecified atom stereocenters. The molecule has 0 amide bonds. The minimum absolute atomic E-state index is 0.315. The average Bonchev–Trinajstić information content (AvgIpc) is 2.43. The Morgan fingerprint density at radius 1 is 1.25 bits per heavy atom. The highest BCUT2D eigenvalue weighted by molar-refractivity contribution is 5.65. The van der Waals surface area contributed by atoms with E-state index in [-0.39, 0.29) is 0 Å². The fraction of sp³-hybridized carbons (Fsp3) is 0.375. The van der Waals surface area contributed by atoms with Gasteiger partial charge in [-0.3, -0.25) is 4.68 Å². The number of nitrogens with zero attached hydrogens (tertiary/aromatic N) is 2. The van der Waals surface area contributed by atoms with Crippen LogP contribution < -0.4 is 0 Å². The zero-order chi connectivity index (χ0) is 12.7. The van der Waals surface area contributed by atoms with Crippen LogP contribution in [0.1, 0.15) is 11.4 Å². The van der Waals surface area contributed by atoms with Gasteiger partial charge in [0.05, 0.1) is 11.3 Å². The quantitative estimate of drug-likeness (QED) is 0.694. The molecule has 0 spiro atoms. The summed E-state index contributed by atoms with van der Waals surface area (Å²) in [6, 6.07) is 0.315. The molecule has 1 aromatic heterocycles. The zero-order valence-electron chi connectivity index (χ0n) is 7.95. The molecule has 1 heterocycles. The van der Waals surface area contributed by atoms with Gasteiger partial charge in [0.25, 0.3) is 0 Å². The highest BCUT2D eigenvalue weighted by Crippen LogP contribution is 2.35. The van der Waals surface area contributed by atoms with Crippen molar-refractivity contribution in [2.24, 2.45) is 7.05 Å². The number of aryl methyl sites for hydroxylation is 1. The van der Waals surface area contributed by atoms with E-state index in [1.165, 1.54) is 0 Å². The molecule has 0 aromatic carbocycles. The lowest BCUT2D eigenvalue weighted by molar-refractivity contribution is -0.141. The van der Waals surface area contributed by atoms with Gasteiger partial charge in [-0.2, -0.15) is 31.4 Å². The van der Waals surface area contributed by atoms with Crippen LogP contribution in [0.15, 0.2) is 12.6 Å². The Morgan fingerprint density at radius 2 is 1.75 bits per heavy atom. The molecule has 0 atom stereocenters. The fourth-order valence-electron chi connectivity index (χ4n) is 1.03. The molecular formula is C8H6F6N2. The smallest absolute Gasteiger partial charge is 0.267 e. The van der Waals surface area contributed by atoms with Crippen LogP contribution >= 0.6 is 0 Å². The first-order valence-electron chi connectivity index (χ1n) is 3.91. The van der Waals surface area contributed by atoms with Gasteiger partial charge in [-0.1, -0.05) is 6.58 Å². The van der Waals surface area contributed by atoms with Crippen molar-refractivity contribution >= 4 is 5.57 Å². The first kappa shape index (κ1) is 12.6. The second-order valence-corrected chi connectivity index (χ2v) is 3.01. The summed E-state index contributed by atoms with van der Waals surface area (Å²) in [5.74, 6) is 0. The maximum Gasteiger partial charge on any atom is 0.435 e. The number of alkyl halides is 6. The van der Waals surface area contributed by atoms with Gasteiger partial charge in [0.1, 0.15) is 0 Å². The van der Waals surface area contributed by atoms with E-state index in [1.54, 1.807) is 0 Å². The number of hydrogen-bond acceptors (Lipinski definition) is 1. The first-order valence-corrected chi connectivity index (χ1v) is 3.91. The molecule has 0 saturated carbocycles. The molecular weight excluding hydrogens is 238 g/mol. The lowest BCUT2D eigenvalue weighted by Crippen LogP contribution is -2.12. The van der Waals surface area contributed by atoms with Crippen molar-refractivity contribution in [3.8, 4) is 0 Å². The summed E-state index contributed by atoms with van der Waals surface area (Å²) in [5, 5.41) is 2.95. The largest absolute Gasteiger partial charge is 0.435 e. The Balaban J connectivity index is 3.18. The van der Waals surface area contributed by atoms with Gasteiger partial charge in [0, 0.05) is 7.05 Å². The van der Waals surface area contributed by atoms with Crippen molar-refractivity contribution in [2.75, 3.05) is 0 Å². The summed E-state index contributed by atoms with van der Waals surface area (Å²) in [4.78, 5) is 0. The predicted octanol–water partition coefficient (Wildman–Crippen LogP) is 3.01. The van der Waals surface area contributed by atoms with Gasteiger partial charge in [-0.25, -0.2) is 0 Å². The van der Waals surface area contributed by atoms with E-state index in [1.807, 2.05) is 0 Å². The Hall–Kier alpha value is -1.47. The maximum atomic E-state index is 12.2. The molecule has 0 saturated heterocycles. The maximum absolute atomic E-state index is 12.2. The SMILES string of the molecule is C=C(c1cc(C(F)(F)F)nn1C)C(F)(F)F. The zero-order valence-corrected chi connectivity index (χ0v) is 7.95. The molecule has 0 N–H and O–H groups in total. The highest BCUT2D eigenvalue weighted by atomic mass is 19.4. The van der Waals surface area contributed by atoms with Gasteiger partial charge in [0.2, 0.25) is 0 Å². The second-order valence-electron chi connectivity index (χ2n) is 3.01. The number of rotatable bonds is 1. The molecule has 1 rings (SSSR count). The average molecular weight is 244 g/mol. The number of allylic oxidation sites excluding steroid dienone is 1. The van der Waals surface area contributed by atoms with Crippen LogP contribution in [0.4, 0.5) is 26.3 Å². The van der Waals surface area contributed by atoms with Gasteiger partial charge in [-0.05, 0) is 6.07 Å². The van der Waals surface area contributed by atoms with E-state index in [0.29, 0.717) is 10.7 Å². The molecule has 0 aliphatic rings. The summed E-state index contributed by atoms with van der Waals surface area (Å²) in [7, 11) is 0.988. The molecule has 8 heteroatoms. The normalized spacial score (nSPS) is 12.9. The Labute approximate surface area is 86.2 Å². The molecule has 16 heavy (non-hydrogen) atoms. The summed E-state index contributed by atoms with van der Waals surface area (Å²) >= 11 is 0. The second kappa shape index (κ2) is 3.53. The van der Waals surface area contributed by atoms with Crippen molar-refractivity contribution in [1.82, 2.24) is 9.78 Å². The van der Waals surface area contributed by atoms with Crippen LogP contribution in [0.25, 0.3) is 5.57 Å². The summed E-state index contributed by atoms with van der Waals surface area (Å²) in [5.41, 5.74) is -3.45. The number of hydrogen-bond donors (Lipinski definition) is 0. The minimum Gasteiger partial charge on any atom is -0.267 e. The third kappa shape index (κ3) is 2.37. The van der Waals surface area contributed by atoms with Gasteiger partial charge in [0.15, 0.2) is 5.69 Å². The van der Waals surface area contributed by atoms with Crippen molar-refractivity contribution in [2.45, 2.75) is 12.4 Å². The lowest BCUT2D eigenvalue weighted by atomic mass is 10.2. The Bertz CT molecular complexity index is 411. The standard InChI is InChI=1S/C8H6F6N2/c1-4(7(9,10)11)5-3-6(8(12,13)14)15-16(5)2/h3H,1H2,2H3. The summed E-state index contributed by atoms with van der Waals surface area (Å²) in [6.45, 7) is 2.70. The van der Waals surface area contributed by atoms with E-state index in [0.717, 1.165) is 7.05 Å². The van der Waals surface area contributed by atoms with Crippen LogP contribution in [0, 0.1) is 0 Å². The Morgan fingerprint density at radius 3 is 2.06 bits per heavy atom. The van der Waals surface area contributed by atoms with Gasteiger partial charge in [-0.15, -0.1) is 0 Å². The number of halogens is 6. The highest BCUT2D eigenvalue weighted by Gasteiger charge is 2.39. The fourth-order valence-corrected chi connectivity index (χ4v) is 1.03. The first-order chi connectivity index (χ1) is 7.03. The molecule has 0 fully saturated rings. The molecule has 90 valence electrons. The van der Waals surface area contributed by atoms with Crippen LogP contribution in [0.2, 0.25) is 0 Å². The van der Waals surface area contributed by atoms with Crippen molar-refractivity contribution in [3.63, 3.8) is 0 Å². The monoisotopic (exact) mass is 244 g/mol. The van der Waals surface area contributed by atoms with Crippen molar-refractivity contribution in [1.29, 1.82) is 0 Å². The Kier molecular flexibility index (Phi) is 2.78. The van der Waals surface area contributed by atoms with Crippen molar-refractivity contribution < 1.29 is 26.3 Å². The third-order valence-corrected chi connectivity index (χ3v) is 1.82. The molecule has 0 bridgehead atoms. The van der Waals surface area contributed by atoms with Gasteiger partial charge >= 0.3 is 12.4 Å². The molecule has 0 aliphatic carbocycles. The van der Waals surface area contributed by atoms with Crippen LogP contribution in [-0.4, -0.2) is 16.0 Å². The molecule has 0 radical (unpaired) electrons. The molecule has 1 aromatic rings. The molecule has 2 nitrogen and oxygen atoms in total. The predicted molar refractivity (Wildman–Crippen MR) is 43.3 cm³/mol. The van der Waals surface area contributed by atoms with Crippen LogP contribution in [-0.2, 0) is 13.2 Å². The minimum atomic E-state index is -4.78. The van der Waals surface area contributed by atoms with Crippen molar-refractivity contribution in [3.05, 3.63) is 24.0 Å². The summed E-state index contributed by atoms with van der Waals surface area (Å²) < 4.78 is 73.6. The van der Waals surface area contributed by atoms with E-state index >= 15 is 0 Å².